The lowest BCUT2D eigenvalue weighted by atomic mass is 10.0. The zero-order valence-corrected chi connectivity index (χ0v) is 16.1. The Morgan fingerprint density at radius 3 is 2.80 bits per heavy atom. The predicted octanol–water partition coefficient (Wildman–Crippen LogP) is 2.95. The Morgan fingerprint density at radius 2 is 2.13 bits per heavy atom. The molecule has 1 aliphatic heterocycles. The molecule has 9 heteroatoms. The van der Waals surface area contributed by atoms with Gasteiger partial charge in [-0.15, -0.1) is 5.10 Å². The van der Waals surface area contributed by atoms with Gasteiger partial charge in [-0.05, 0) is 43.0 Å². The monoisotopic (exact) mass is 409 g/mol. The first-order chi connectivity index (χ1) is 14.6. The molecule has 1 saturated heterocycles. The maximum atomic E-state index is 14.8. The van der Waals surface area contributed by atoms with Crippen LogP contribution in [-0.4, -0.2) is 43.8 Å². The van der Waals surface area contributed by atoms with Crippen molar-refractivity contribution in [3.63, 3.8) is 0 Å². The molecular formula is C21H20FN5O3. The van der Waals surface area contributed by atoms with Crippen LogP contribution >= 0.6 is 0 Å². The molecule has 8 nitrogen and oxygen atoms in total. The van der Waals surface area contributed by atoms with Crippen LogP contribution < -0.4 is 4.90 Å². The van der Waals surface area contributed by atoms with Crippen LogP contribution in [-0.2, 0) is 11.3 Å². The number of nitrogens with zero attached hydrogens (tertiary/aromatic N) is 5. The third kappa shape index (κ3) is 3.63. The molecule has 5 rings (SSSR count). The van der Waals surface area contributed by atoms with Gasteiger partial charge in [0.05, 0.1) is 36.8 Å². The second-order valence-electron chi connectivity index (χ2n) is 7.66. The van der Waals surface area contributed by atoms with Crippen molar-refractivity contribution in [3.05, 3.63) is 60.4 Å². The van der Waals surface area contributed by atoms with Crippen molar-refractivity contribution in [2.75, 3.05) is 11.4 Å². The summed E-state index contributed by atoms with van der Waals surface area (Å²) in [4.78, 5) is 17.9. The van der Waals surface area contributed by atoms with Crippen LogP contribution in [0.4, 0.5) is 14.9 Å². The van der Waals surface area contributed by atoms with Crippen molar-refractivity contribution in [1.29, 1.82) is 0 Å². The molecule has 1 aromatic carbocycles. The van der Waals surface area contributed by atoms with E-state index in [1.54, 1.807) is 47.5 Å². The number of benzene rings is 1. The second kappa shape index (κ2) is 7.49. The molecule has 2 fully saturated rings. The van der Waals surface area contributed by atoms with Crippen LogP contribution in [0.2, 0.25) is 0 Å². The molecule has 1 unspecified atom stereocenters. The van der Waals surface area contributed by atoms with Crippen LogP contribution in [0.3, 0.4) is 0 Å². The summed E-state index contributed by atoms with van der Waals surface area (Å²) in [5.41, 5.74) is 2.02. The van der Waals surface area contributed by atoms with Crippen LogP contribution in [0.5, 0.6) is 0 Å². The quantitative estimate of drug-likeness (QED) is 0.673. The molecule has 2 aromatic heterocycles. The SMILES string of the molecule is O=C1O[C@@H](Cn2ccnn2)CN1c1ccc(-c2ccc(C(O)C3CC3)nc2)c(F)c1. The van der Waals surface area contributed by atoms with Gasteiger partial charge in [0.15, 0.2) is 0 Å². The molecule has 1 aliphatic carbocycles. The van der Waals surface area contributed by atoms with Gasteiger partial charge in [-0.1, -0.05) is 11.3 Å². The van der Waals surface area contributed by atoms with Crippen LogP contribution in [0.15, 0.2) is 48.9 Å². The zero-order chi connectivity index (χ0) is 20.7. The Balaban J connectivity index is 1.31. The van der Waals surface area contributed by atoms with E-state index in [0.29, 0.717) is 35.6 Å². The van der Waals surface area contributed by atoms with Crippen molar-refractivity contribution in [1.82, 2.24) is 20.0 Å². The molecule has 2 atom stereocenters. The Hall–Kier alpha value is -3.33. The summed E-state index contributed by atoms with van der Waals surface area (Å²) in [6.45, 7) is 0.681. The lowest BCUT2D eigenvalue weighted by Crippen LogP contribution is -2.26. The van der Waals surface area contributed by atoms with E-state index < -0.39 is 24.1 Å². The lowest BCUT2D eigenvalue weighted by molar-refractivity contribution is 0.129. The number of ether oxygens (including phenoxy) is 1. The van der Waals surface area contributed by atoms with Crippen LogP contribution in [0, 0.1) is 11.7 Å². The molecule has 0 radical (unpaired) electrons. The minimum Gasteiger partial charge on any atom is -0.442 e. The van der Waals surface area contributed by atoms with Gasteiger partial charge < -0.3 is 9.84 Å². The maximum Gasteiger partial charge on any atom is 0.414 e. The van der Waals surface area contributed by atoms with Crippen molar-refractivity contribution in [2.45, 2.75) is 31.6 Å². The largest absolute Gasteiger partial charge is 0.442 e. The second-order valence-corrected chi connectivity index (χ2v) is 7.66. The standard InChI is InChI=1S/C21H20FN5O3/c22-18-9-15(27-12-16(30-21(27)29)11-26-8-7-24-25-26)4-5-17(18)14-3-6-19(23-10-14)20(28)13-1-2-13/h3-10,13,16,20,28H,1-2,11-12H2/t16-,20?/m0/s1. The smallest absolute Gasteiger partial charge is 0.414 e. The van der Waals surface area contributed by atoms with Crippen LogP contribution in [0.1, 0.15) is 24.6 Å². The number of pyridine rings is 1. The van der Waals surface area contributed by atoms with E-state index in [1.807, 2.05) is 0 Å². The summed E-state index contributed by atoms with van der Waals surface area (Å²) >= 11 is 0. The van der Waals surface area contributed by atoms with Gasteiger partial charge in [0, 0.05) is 23.5 Å². The number of aliphatic hydroxyl groups excluding tert-OH is 1. The fourth-order valence-corrected chi connectivity index (χ4v) is 3.67. The van der Waals surface area contributed by atoms with E-state index in [2.05, 4.69) is 15.3 Å². The molecule has 2 aliphatic rings. The number of carbonyl (C=O) groups is 1. The van der Waals surface area contributed by atoms with E-state index in [9.17, 15) is 14.3 Å². The Morgan fingerprint density at radius 1 is 1.27 bits per heavy atom. The van der Waals surface area contributed by atoms with Crippen LogP contribution in [0.25, 0.3) is 11.1 Å². The highest BCUT2D eigenvalue weighted by Crippen LogP contribution is 2.40. The summed E-state index contributed by atoms with van der Waals surface area (Å²) in [7, 11) is 0. The minimum absolute atomic E-state index is 0.285. The normalized spacial score (nSPS) is 19.7. The highest BCUT2D eigenvalue weighted by atomic mass is 19.1. The fourth-order valence-electron chi connectivity index (χ4n) is 3.67. The van der Waals surface area contributed by atoms with Crippen molar-refractivity contribution < 1.29 is 19.0 Å². The highest BCUT2D eigenvalue weighted by molar-refractivity contribution is 5.90. The molecule has 0 bridgehead atoms. The Labute approximate surface area is 171 Å². The first-order valence-electron chi connectivity index (χ1n) is 9.84. The van der Waals surface area contributed by atoms with Crippen molar-refractivity contribution in [3.8, 4) is 11.1 Å². The summed E-state index contributed by atoms with van der Waals surface area (Å²) in [5, 5.41) is 17.8. The van der Waals surface area contributed by atoms with Crippen molar-refractivity contribution in [2.24, 2.45) is 5.92 Å². The molecule has 3 aromatic rings. The topological polar surface area (TPSA) is 93.4 Å². The van der Waals surface area contributed by atoms with Gasteiger partial charge in [-0.3, -0.25) is 9.88 Å². The number of aliphatic hydroxyl groups is 1. The number of hydrogen-bond donors (Lipinski definition) is 1. The molecular weight excluding hydrogens is 389 g/mol. The molecule has 0 spiro atoms. The minimum atomic E-state index is -0.557. The van der Waals surface area contributed by atoms with Gasteiger partial charge in [0.25, 0.3) is 0 Å². The molecule has 1 amide bonds. The third-order valence-corrected chi connectivity index (χ3v) is 5.47. The predicted molar refractivity (Wildman–Crippen MR) is 105 cm³/mol. The van der Waals surface area contributed by atoms with Gasteiger partial charge in [-0.25, -0.2) is 13.9 Å². The van der Waals surface area contributed by atoms with Gasteiger partial charge >= 0.3 is 6.09 Å². The number of amides is 1. The molecule has 30 heavy (non-hydrogen) atoms. The Bertz CT molecular complexity index is 1050. The first-order valence-corrected chi connectivity index (χ1v) is 9.84. The van der Waals surface area contributed by atoms with E-state index >= 15 is 0 Å². The zero-order valence-electron chi connectivity index (χ0n) is 16.1. The molecule has 3 heterocycles. The summed E-state index contributed by atoms with van der Waals surface area (Å²) in [5.74, 6) is -0.176. The van der Waals surface area contributed by atoms with E-state index in [0.717, 1.165) is 12.8 Å². The van der Waals surface area contributed by atoms with E-state index in [4.69, 9.17) is 4.74 Å². The van der Waals surface area contributed by atoms with Gasteiger partial charge in [0.1, 0.15) is 11.9 Å². The van der Waals surface area contributed by atoms with Gasteiger partial charge in [-0.2, -0.15) is 0 Å². The van der Waals surface area contributed by atoms with Crippen molar-refractivity contribution >= 4 is 11.8 Å². The summed E-state index contributed by atoms with van der Waals surface area (Å²) in [6.07, 6.45) is 5.36. The number of hydrogen-bond acceptors (Lipinski definition) is 6. The summed E-state index contributed by atoms with van der Waals surface area (Å²) in [6, 6.07) is 8.12. The summed E-state index contributed by atoms with van der Waals surface area (Å²) < 4.78 is 21.8. The highest BCUT2D eigenvalue weighted by Gasteiger charge is 2.33. The number of anilines is 1. The number of carbonyl (C=O) groups excluding carboxylic acids is 1. The van der Waals surface area contributed by atoms with E-state index in [1.165, 1.54) is 11.0 Å². The first kappa shape index (κ1) is 18.7. The molecule has 1 N–H and O–H groups in total. The third-order valence-electron chi connectivity index (χ3n) is 5.47. The number of aromatic nitrogens is 4. The Kier molecular flexibility index (Phi) is 4.66. The number of halogens is 1. The van der Waals surface area contributed by atoms with E-state index in [-0.39, 0.29) is 5.92 Å². The average Bonchev–Trinajstić information content (AvgIpc) is 3.36. The maximum absolute atomic E-state index is 14.8. The molecule has 154 valence electrons. The molecule has 1 saturated carbocycles. The van der Waals surface area contributed by atoms with Gasteiger partial charge in [0.2, 0.25) is 0 Å². The lowest BCUT2D eigenvalue weighted by Gasteiger charge is -2.15. The fraction of sp³-hybridized carbons (Fsp3) is 0.333. The number of rotatable bonds is 6. The average molecular weight is 409 g/mol. The number of cyclic esters (lactones) is 1.